The van der Waals surface area contributed by atoms with E-state index < -0.39 is 0 Å². The largest absolute Gasteiger partial charge is 0.314 e. The van der Waals surface area contributed by atoms with Crippen LogP contribution in [0.1, 0.15) is 53.6 Å². The number of Topliss-reactive ketones (excluding diaryl/α,β-unsaturated/α-hetero) is 1. The Morgan fingerprint density at radius 1 is 1.28 bits per heavy atom. The van der Waals surface area contributed by atoms with Crippen molar-refractivity contribution in [2.45, 2.75) is 52.0 Å². The second kappa shape index (κ2) is 6.14. The smallest absolute Gasteiger partial charge is 0.164 e. The molecule has 1 fully saturated rings. The zero-order chi connectivity index (χ0) is 13.0. The Kier molecular flexibility index (Phi) is 4.54. The van der Waals surface area contributed by atoms with Crippen molar-refractivity contribution in [3.05, 3.63) is 34.9 Å². The van der Waals surface area contributed by atoms with E-state index in [0.717, 1.165) is 29.7 Å². The van der Waals surface area contributed by atoms with Gasteiger partial charge in [-0.3, -0.25) is 4.79 Å². The Morgan fingerprint density at radius 3 is 2.94 bits per heavy atom. The highest BCUT2D eigenvalue weighted by Gasteiger charge is 2.17. The lowest BCUT2D eigenvalue weighted by Gasteiger charge is -2.15. The Hall–Kier alpha value is -1.15. The normalized spacial score (nSPS) is 20.4. The van der Waals surface area contributed by atoms with E-state index in [1.54, 1.807) is 0 Å². The third-order valence-electron chi connectivity index (χ3n) is 3.79. The minimum atomic E-state index is 0.288. The summed E-state index contributed by atoms with van der Waals surface area (Å²) in [5.41, 5.74) is 3.16. The van der Waals surface area contributed by atoms with Gasteiger partial charge in [-0.2, -0.15) is 0 Å². The van der Waals surface area contributed by atoms with Crippen LogP contribution in [0, 0.1) is 13.8 Å². The fourth-order valence-corrected chi connectivity index (χ4v) is 2.64. The Morgan fingerprint density at radius 2 is 2.11 bits per heavy atom. The Balaban J connectivity index is 2.04. The van der Waals surface area contributed by atoms with E-state index in [4.69, 9.17) is 0 Å². The van der Waals surface area contributed by atoms with Gasteiger partial charge in [0.05, 0.1) is 0 Å². The van der Waals surface area contributed by atoms with Crippen LogP contribution in [-0.2, 0) is 0 Å². The van der Waals surface area contributed by atoms with Crippen molar-refractivity contribution in [3.8, 4) is 0 Å². The van der Waals surface area contributed by atoms with Crippen molar-refractivity contribution in [2.24, 2.45) is 0 Å². The number of nitrogens with one attached hydrogen (secondary N) is 1. The molecule has 0 amide bonds. The van der Waals surface area contributed by atoms with Gasteiger partial charge in [0.25, 0.3) is 0 Å². The van der Waals surface area contributed by atoms with E-state index in [0.29, 0.717) is 12.5 Å². The highest BCUT2D eigenvalue weighted by Crippen LogP contribution is 2.17. The van der Waals surface area contributed by atoms with Crippen LogP contribution in [0.4, 0.5) is 0 Å². The van der Waals surface area contributed by atoms with Gasteiger partial charge >= 0.3 is 0 Å². The monoisotopic (exact) mass is 245 g/mol. The summed E-state index contributed by atoms with van der Waals surface area (Å²) in [5, 5.41) is 3.50. The van der Waals surface area contributed by atoms with Gasteiger partial charge in [-0.25, -0.2) is 0 Å². The third kappa shape index (κ3) is 3.42. The number of ketones is 1. The number of aryl methyl sites for hydroxylation is 2. The zero-order valence-electron chi connectivity index (χ0n) is 11.5. The van der Waals surface area contributed by atoms with Crippen LogP contribution in [0.25, 0.3) is 0 Å². The van der Waals surface area contributed by atoms with Crippen molar-refractivity contribution in [3.63, 3.8) is 0 Å². The average Bonchev–Trinajstić information content (AvgIpc) is 2.61. The summed E-state index contributed by atoms with van der Waals surface area (Å²) < 4.78 is 0. The first-order valence-electron chi connectivity index (χ1n) is 7.00. The number of carbonyl (C=O) groups excluding carboxylic acids is 1. The number of carbonyl (C=O) groups is 1. The molecule has 1 unspecified atom stereocenters. The van der Waals surface area contributed by atoms with E-state index in [1.165, 1.54) is 19.3 Å². The minimum Gasteiger partial charge on any atom is -0.314 e. The average molecular weight is 245 g/mol. The first kappa shape index (κ1) is 13.3. The molecule has 1 N–H and O–H groups in total. The number of hydrogen-bond donors (Lipinski definition) is 1. The lowest BCUT2D eigenvalue weighted by molar-refractivity contribution is 0.0967. The fraction of sp³-hybridized carbons (Fsp3) is 0.562. The molecule has 1 aromatic rings. The van der Waals surface area contributed by atoms with Gasteiger partial charge in [0.15, 0.2) is 5.78 Å². The molecule has 18 heavy (non-hydrogen) atoms. The molecule has 0 aromatic heterocycles. The van der Waals surface area contributed by atoms with Crippen LogP contribution in [0.2, 0.25) is 0 Å². The summed E-state index contributed by atoms with van der Waals surface area (Å²) in [5.74, 6) is 0.288. The van der Waals surface area contributed by atoms with Crippen LogP contribution in [0.3, 0.4) is 0 Å². The maximum absolute atomic E-state index is 12.4. The van der Waals surface area contributed by atoms with Crippen molar-refractivity contribution in [1.82, 2.24) is 5.32 Å². The molecule has 0 spiro atoms. The molecule has 0 aliphatic carbocycles. The minimum absolute atomic E-state index is 0.288. The third-order valence-corrected chi connectivity index (χ3v) is 3.79. The number of benzene rings is 1. The molecular formula is C16H23NO. The molecule has 0 saturated carbocycles. The molecule has 98 valence electrons. The fourth-order valence-electron chi connectivity index (χ4n) is 2.64. The lowest BCUT2D eigenvalue weighted by atomic mass is 9.96. The summed E-state index contributed by atoms with van der Waals surface area (Å²) in [7, 11) is 0. The summed E-state index contributed by atoms with van der Waals surface area (Å²) in [6, 6.07) is 6.51. The van der Waals surface area contributed by atoms with Crippen molar-refractivity contribution >= 4 is 5.78 Å². The van der Waals surface area contributed by atoms with Crippen LogP contribution in [-0.4, -0.2) is 18.4 Å². The van der Waals surface area contributed by atoms with Gasteiger partial charge in [0, 0.05) is 18.0 Å². The molecule has 1 aromatic carbocycles. The lowest BCUT2D eigenvalue weighted by Crippen LogP contribution is -2.30. The Labute approximate surface area is 110 Å². The Bertz CT molecular complexity index is 417. The molecule has 0 bridgehead atoms. The van der Waals surface area contributed by atoms with Crippen LogP contribution in [0.5, 0.6) is 0 Å². The van der Waals surface area contributed by atoms with Crippen molar-refractivity contribution in [1.29, 1.82) is 0 Å². The first-order valence-corrected chi connectivity index (χ1v) is 7.00. The summed E-state index contributed by atoms with van der Waals surface area (Å²) in [6.07, 6.45) is 5.56. The predicted molar refractivity (Wildman–Crippen MR) is 75.1 cm³/mol. The van der Waals surface area contributed by atoms with Gasteiger partial charge in [-0.1, -0.05) is 30.5 Å². The number of rotatable bonds is 3. The van der Waals surface area contributed by atoms with E-state index in [-0.39, 0.29) is 5.78 Å². The molecule has 1 saturated heterocycles. The van der Waals surface area contributed by atoms with Crippen molar-refractivity contribution in [2.75, 3.05) is 6.54 Å². The van der Waals surface area contributed by atoms with Crippen molar-refractivity contribution < 1.29 is 4.79 Å². The summed E-state index contributed by atoms with van der Waals surface area (Å²) in [6.45, 7) is 5.12. The van der Waals surface area contributed by atoms with Gasteiger partial charge in [0.1, 0.15) is 0 Å². The van der Waals surface area contributed by atoms with Crippen LogP contribution >= 0.6 is 0 Å². The van der Waals surface area contributed by atoms with Gasteiger partial charge in [-0.15, -0.1) is 0 Å². The molecule has 1 heterocycles. The van der Waals surface area contributed by atoms with E-state index in [9.17, 15) is 4.79 Å². The van der Waals surface area contributed by atoms with Gasteiger partial charge in [0.2, 0.25) is 0 Å². The second-order valence-electron chi connectivity index (χ2n) is 5.45. The zero-order valence-corrected chi connectivity index (χ0v) is 11.5. The molecule has 1 aliphatic heterocycles. The SMILES string of the molecule is Cc1ccc(C)c(C(=O)CC2CCCCCN2)c1. The topological polar surface area (TPSA) is 29.1 Å². The van der Waals surface area contributed by atoms with E-state index in [1.807, 2.05) is 26.0 Å². The van der Waals surface area contributed by atoms with Crippen LogP contribution < -0.4 is 5.32 Å². The highest BCUT2D eigenvalue weighted by molar-refractivity contribution is 5.97. The van der Waals surface area contributed by atoms with Gasteiger partial charge in [-0.05, 0) is 44.9 Å². The standard InChI is InChI=1S/C16H23NO/c1-12-7-8-13(2)15(10-12)16(18)11-14-6-4-3-5-9-17-14/h7-8,10,14,17H,3-6,9,11H2,1-2H3. The molecule has 1 aliphatic rings. The molecule has 2 nitrogen and oxygen atoms in total. The summed E-state index contributed by atoms with van der Waals surface area (Å²) in [4.78, 5) is 12.4. The second-order valence-corrected chi connectivity index (χ2v) is 5.45. The van der Waals surface area contributed by atoms with E-state index in [2.05, 4.69) is 11.4 Å². The molecule has 2 rings (SSSR count). The summed E-state index contributed by atoms with van der Waals surface area (Å²) >= 11 is 0. The quantitative estimate of drug-likeness (QED) is 0.827. The molecule has 1 atom stereocenters. The van der Waals surface area contributed by atoms with E-state index >= 15 is 0 Å². The molecule has 0 radical (unpaired) electrons. The first-order chi connectivity index (χ1) is 8.66. The molecular weight excluding hydrogens is 222 g/mol. The highest BCUT2D eigenvalue weighted by atomic mass is 16.1. The maximum atomic E-state index is 12.4. The predicted octanol–water partition coefficient (Wildman–Crippen LogP) is 3.41. The molecule has 2 heteroatoms. The maximum Gasteiger partial charge on any atom is 0.164 e. The number of hydrogen-bond acceptors (Lipinski definition) is 2. The van der Waals surface area contributed by atoms with Crippen LogP contribution in [0.15, 0.2) is 18.2 Å². The van der Waals surface area contributed by atoms with Gasteiger partial charge < -0.3 is 5.32 Å².